The number of hydrogen-bond acceptors (Lipinski definition) is 2. The fourth-order valence-electron chi connectivity index (χ4n) is 1.98. The Morgan fingerprint density at radius 2 is 2.06 bits per heavy atom. The highest BCUT2D eigenvalue weighted by Gasteiger charge is 2.12. The van der Waals surface area contributed by atoms with Gasteiger partial charge in [-0.15, -0.1) is 0 Å². The number of benzene rings is 1. The lowest BCUT2D eigenvalue weighted by Crippen LogP contribution is -2.16. The molecule has 0 saturated heterocycles. The van der Waals surface area contributed by atoms with Crippen LogP contribution in [-0.4, -0.2) is 6.54 Å². The summed E-state index contributed by atoms with van der Waals surface area (Å²) in [5.41, 5.74) is 3.55. The molecular weight excluding hydrogens is 198 g/mol. The molecule has 16 heavy (non-hydrogen) atoms. The maximum Gasteiger partial charge on any atom is 0.137 e. The van der Waals surface area contributed by atoms with Gasteiger partial charge in [-0.25, -0.2) is 0 Å². The molecule has 0 bridgehead atoms. The minimum atomic E-state index is 0.275. The Balaban J connectivity index is 2.48. The third kappa shape index (κ3) is 1.85. The molecule has 86 valence electrons. The van der Waals surface area contributed by atoms with Crippen molar-refractivity contribution in [3.8, 4) is 0 Å². The normalized spacial score (nSPS) is 13.2. The predicted molar refractivity (Wildman–Crippen MR) is 67.8 cm³/mol. The Morgan fingerprint density at radius 3 is 2.75 bits per heavy atom. The molecule has 1 aromatic carbocycles. The van der Waals surface area contributed by atoms with Crippen molar-refractivity contribution in [3.63, 3.8) is 0 Å². The van der Waals surface area contributed by atoms with Crippen LogP contribution in [0.4, 0.5) is 0 Å². The Bertz CT molecular complexity index is 499. The van der Waals surface area contributed by atoms with Gasteiger partial charge in [0.1, 0.15) is 11.3 Å². The lowest BCUT2D eigenvalue weighted by atomic mass is 10.1. The molecule has 1 unspecified atom stereocenters. The van der Waals surface area contributed by atoms with Crippen LogP contribution < -0.4 is 5.32 Å². The van der Waals surface area contributed by atoms with Crippen molar-refractivity contribution >= 4 is 11.0 Å². The van der Waals surface area contributed by atoms with Crippen LogP contribution in [0.5, 0.6) is 0 Å². The summed E-state index contributed by atoms with van der Waals surface area (Å²) in [6.45, 7) is 9.42. The van der Waals surface area contributed by atoms with Crippen molar-refractivity contribution in [2.45, 2.75) is 33.7 Å². The van der Waals surface area contributed by atoms with E-state index in [0.717, 1.165) is 17.9 Å². The van der Waals surface area contributed by atoms with E-state index in [1.54, 1.807) is 0 Å². The van der Waals surface area contributed by atoms with E-state index in [9.17, 15) is 0 Å². The maximum absolute atomic E-state index is 5.93. The van der Waals surface area contributed by atoms with Crippen LogP contribution in [-0.2, 0) is 0 Å². The molecule has 0 saturated carbocycles. The van der Waals surface area contributed by atoms with Gasteiger partial charge >= 0.3 is 0 Å². The molecule has 2 aromatic rings. The van der Waals surface area contributed by atoms with E-state index < -0.39 is 0 Å². The van der Waals surface area contributed by atoms with Crippen molar-refractivity contribution in [2.75, 3.05) is 6.54 Å². The van der Waals surface area contributed by atoms with Gasteiger partial charge in [-0.2, -0.15) is 0 Å². The molecule has 0 aliphatic carbocycles. The van der Waals surface area contributed by atoms with Gasteiger partial charge in [-0.3, -0.25) is 0 Å². The van der Waals surface area contributed by atoms with Crippen molar-refractivity contribution < 1.29 is 4.42 Å². The first-order valence-electron chi connectivity index (χ1n) is 5.86. The molecule has 0 spiro atoms. The fourth-order valence-corrected chi connectivity index (χ4v) is 1.98. The minimum absolute atomic E-state index is 0.275. The number of rotatable bonds is 3. The molecule has 2 rings (SSSR count). The van der Waals surface area contributed by atoms with Gasteiger partial charge < -0.3 is 9.73 Å². The first-order chi connectivity index (χ1) is 7.63. The van der Waals surface area contributed by atoms with E-state index in [2.05, 4.69) is 51.2 Å². The molecular formula is C14H19NO. The summed E-state index contributed by atoms with van der Waals surface area (Å²) in [7, 11) is 0. The Kier molecular flexibility index (Phi) is 3.01. The zero-order valence-corrected chi connectivity index (χ0v) is 10.4. The highest BCUT2D eigenvalue weighted by molar-refractivity contribution is 5.82. The lowest BCUT2D eigenvalue weighted by molar-refractivity contribution is 0.458. The molecule has 0 aliphatic heterocycles. The van der Waals surface area contributed by atoms with Crippen LogP contribution >= 0.6 is 0 Å². The molecule has 1 N–H and O–H groups in total. The third-order valence-electron chi connectivity index (χ3n) is 3.16. The Morgan fingerprint density at radius 1 is 1.31 bits per heavy atom. The van der Waals surface area contributed by atoms with E-state index in [1.165, 1.54) is 16.5 Å². The molecule has 0 amide bonds. The minimum Gasteiger partial charge on any atom is -0.459 e. The summed E-state index contributed by atoms with van der Waals surface area (Å²) in [6.07, 6.45) is 0. The largest absolute Gasteiger partial charge is 0.459 e. The van der Waals surface area contributed by atoms with Crippen molar-refractivity contribution in [1.82, 2.24) is 5.32 Å². The van der Waals surface area contributed by atoms with Crippen LogP contribution in [0.2, 0.25) is 0 Å². The summed E-state index contributed by atoms with van der Waals surface area (Å²) in [4.78, 5) is 0. The second-order valence-electron chi connectivity index (χ2n) is 4.35. The first-order valence-corrected chi connectivity index (χ1v) is 5.86. The Hall–Kier alpha value is -1.28. The van der Waals surface area contributed by atoms with Crippen LogP contribution in [0.25, 0.3) is 11.0 Å². The van der Waals surface area contributed by atoms with Crippen LogP contribution in [0, 0.1) is 13.8 Å². The molecule has 1 heterocycles. The summed E-state index contributed by atoms with van der Waals surface area (Å²) < 4.78 is 5.93. The zero-order valence-electron chi connectivity index (χ0n) is 10.4. The van der Waals surface area contributed by atoms with Gasteiger partial charge in [0.05, 0.1) is 6.04 Å². The van der Waals surface area contributed by atoms with E-state index >= 15 is 0 Å². The van der Waals surface area contributed by atoms with Crippen molar-refractivity contribution in [1.29, 1.82) is 0 Å². The second kappa shape index (κ2) is 4.30. The average Bonchev–Trinajstić information content (AvgIpc) is 2.69. The third-order valence-corrected chi connectivity index (χ3v) is 3.16. The second-order valence-corrected chi connectivity index (χ2v) is 4.35. The van der Waals surface area contributed by atoms with Crippen LogP contribution in [0.1, 0.15) is 36.8 Å². The predicted octanol–water partition coefficient (Wildman–Crippen LogP) is 3.72. The number of fused-ring (bicyclic) bond motifs is 1. The molecule has 2 nitrogen and oxygen atoms in total. The standard InChI is InChI=1S/C14H19NO/c1-5-15-11(4)13-8-12-7-6-9(2)10(3)14(12)16-13/h6-8,11,15H,5H2,1-4H3. The van der Waals surface area contributed by atoms with Gasteiger partial charge in [0.15, 0.2) is 0 Å². The molecule has 1 aromatic heterocycles. The topological polar surface area (TPSA) is 25.2 Å². The van der Waals surface area contributed by atoms with Gasteiger partial charge in [0.25, 0.3) is 0 Å². The highest BCUT2D eigenvalue weighted by Crippen LogP contribution is 2.27. The summed E-state index contributed by atoms with van der Waals surface area (Å²) in [5.74, 6) is 1.02. The van der Waals surface area contributed by atoms with E-state index in [1.807, 2.05) is 0 Å². The summed E-state index contributed by atoms with van der Waals surface area (Å²) >= 11 is 0. The van der Waals surface area contributed by atoms with Gasteiger partial charge in [0.2, 0.25) is 0 Å². The smallest absolute Gasteiger partial charge is 0.137 e. The summed E-state index contributed by atoms with van der Waals surface area (Å²) in [6, 6.07) is 6.69. The van der Waals surface area contributed by atoms with E-state index in [4.69, 9.17) is 4.42 Å². The van der Waals surface area contributed by atoms with Gasteiger partial charge in [-0.1, -0.05) is 19.1 Å². The van der Waals surface area contributed by atoms with E-state index in [0.29, 0.717) is 0 Å². The molecule has 1 atom stereocenters. The number of hydrogen-bond donors (Lipinski definition) is 1. The SMILES string of the molecule is CCNC(C)c1cc2ccc(C)c(C)c2o1. The number of furan rings is 1. The van der Waals surface area contributed by atoms with Gasteiger partial charge in [-0.05, 0) is 44.5 Å². The fraction of sp³-hybridized carbons (Fsp3) is 0.429. The van der Waals surface area contributed by atoms with Crippen LogP contribution in [0.15, 0.2) is 22.6 Å². The quantitative estimate of drug-likeness (QED) is 0.847. The number of aryl methyl sites for hydroxylation is 2. The number of nitrogens with one attached hydrogen (secondary N) is 1. The van der Waals surface area contributed by atoms with Crippen molar-refractivity contribution in [2.24, 2.45) is 0 Å². The Labute approximate surface area is 96.6 Å². The first kappa shape index (κ1) is 11.2. The lowest BCUT2D eigenvalue weighted by Gasteiger charge is -2.07. The summed E-state index contributed by atoms with van der Waals surface area (Å²) in [5, 5.41) is 4.56. The van der Waals surface area contributed by atoms with Gasteiger partial charge in [0, 0.05) is 5.39 Å². The van der Waals surface area contributed by atoms with E-state index in [-0.39, 0.29) is 6.04 Å². The van der Waals surface area contributed by atoms with Crippen molar-refractivity contribution in [3.05, 3.63) is 35.1 Å². The zero-order chi connectivity index (χ0) is 11.7. The average molecular weight is 217 g/mol. The molecule has 0 radical (unpaired) electrons. The maximum atomic E-state index is 5.93. The van der Waals surface area contributed by atoms with Crippen LogP contribution in [0.3, 0.4) is 0 Å². The monoisotopic (exact) mass is 217 g/mol. The molecule has 0 fully saturated rings. The molecule has 2 heteroatoms. The molecule has 0 aliphatic rings. The highest BCUT2D eigenvalue weighted by atomic mass is 16.3.